The second kappa shape index (κ2) is 12.4. The van der Waals surface area contributed by atoms with Gasteiger partial charge in [-0.3, -0.25) is 14.4 Å². The van der Waals surface area contributed by atoms with Crippen molar-refractivity contribution in [3.05, 3.63) is 120 Å². The van der Waals surface area contributed by atoms with Gasteiger partial charge in [0, 0.05) is 11.1 Å². The molecule has 1 atom stereocenters. The van der Waals surface area contributed by atoms with E-state index >= 15 is 0 Å². The van der Waals surface area contributed by atoms with Crippen LogP contribution in [-0.2, 0) is 14.3 Å². The highest BCUT2D eigenvalue weighted by Crippen LogP contribution is 2.28. The summed E-state index contributed by atoms with van der Waals surface area (Å²) in [6, 6.07) is 30.9. The molecule has 192 valence electrons. The van der Waals surface area contributed by atoms with Gasteiger partial charge in [0.25, 0.3) is 11.8 Å². The number of hydrogen-bond donors (Lipinski definition) is 2. The van der Waals surface area contributed by atoms with Gasteiger partial charge in [0.1, 0.15) is 12.3 Å². The normalized spacial score (nSPS) is 11.2. The zero-order valence-corrected chi connectivity index (χ0v) is 21.1. The molecule has 0 saturated carbocycles. The Morgan fingerprint density at radius 1 is 0.789 bits per heavy atom. The van der Waals surface area contributed by atoms with Gasteiger partial charge in [0.15, 0.2) is 0 Å². The first-order valence-corrected chi connectivity index (χ1v) is 12.1. The first-order chi connectivity index (χ1) is 18.4. The third-order valence-corrected chi connectivity index (χ3v) is 5.85. The van der Waals surface area contributed by atoms with Gasteiger partial charge in [-0.15, -0.1) is 0 Å². The van der Waals surface area contributed by atoms with Crippen molar-refractivity contribution in [1.82, 2.24) is 5.32 Å². The zero-order valence-electron chi connectivity index (χ0n) is 21.1. The van der Waals surface area contributed by atoms with Crippen LogP contribution in [0.2, 0.25) is 0 Å². The number of methoxy groups -OCH3 is 1. The van der Waals surface area contributed by atoms with Crippen molar-refractivity contribution in [3.8, 4) is 16.9 Å². The van der Waals surface area contributed by atoms with E-state index in [0.29, 0.717) is 22.6 Å². The number of ether oxygens (including phenoxy) is 2. The Balaban J connectivity index is 1.41. The van der Waals surface area contributed by atoms with Crippen LogP contribution in [0.1, 0.15) is 27.6 Å². The Labute approximate surface area is 221 Å². The number of benzene rings is 4. The minimum atomic E-state index is -1.23. The summed E-state index contributed by atoms with van der Waals surface area (Å²) in [5.41, 5.74) is 4.30. The van der Waals surface area contributed by atoms with E-state index in [-0.39, 0.29) is 0 Å². The van der Waals surface area contributed by atoms with E-state index in [1.54, 1.807) is 54.6 Å². The summed E-state index contributed by atoms with van der Waals surface area (Å²) in [6.45, 7) is 1.49. The number of rotatable bonds is 9. The fraction of sp³-hybridized carbons (Fsp3) is 0.129. The molecule has 4 aromatic carbocycles. The van der Waals surface area contributed by atoms with Gasteiger partial charge in [0.05, 0.1) is 12.8 Å². The highest BCUT2D eigenvalue weighted by atomic mass is 16.5. The van der Waals surface area contributed by atoms with Crippen LogP contribution in [0, 0.1) is 6.92 Å². The van der Waals surface area contributed by atoms with E-state index in [9.17, 15) is 14.4 Å². The maximum atomic E-state index is 13.2. The molecular formula is C31H28N2O5. The second-order valence-electron chi connectivity index (χ2n) is 8.60. The quantitative estimate of drug-likeness (QED) is 0.298. The molecule has 0 aliphatic carbocycles. The van der Waals surface area contributed by atoms with Crippen LogP contribution in [0.15, 0.2) is 103 Å². The first kappa shape index (κ1) is 26.2. The van der Waals surface area contributed by atoms with Crippen LogP contribution in [0.5, 0.6) is 5.75 Å². The first-order valence-electron chi connectivity index (χ1n) is 12.1. The van der Waals surface area contributed by atoms with Crippen molar-refractivity contribution < 1.29 is 23.9 Å². The number of aryl methyl sites for hydroxylation is 1. The van der Waals surface area contributed by atoms with Crippen molar-refractivity contribution in [3.63, 3.8) is 0 Å². The van der Waals surface area contributed by atoms with Crippen LogP contribution < -0.4 is 15.4 Å². The van der Waals surface area contributed by atoms with Gasteiger partial charge >= 0.3 is 5.97 Å². The summed E-state index contributed by atoms with van der Waals surface area (Å²) in [5, 5.41) is 5.35. The molecule has 4 rings (SSSR count). The van der Waals surface area contributed by atoms with Gasteiger partial charge in [-0.25, -0.2) is 0 Å². The third-order valence-electron chi connectivity index (χ3n) is 5.85. The molecule has 0 aromatic heterocycles. The largest absolute Gasteiger partial charge is 0.495 e. The smallest absolute Gasteiger partial charge is 0.326 e. The van der Waals surface area contributed by atoms with Crippen molar-refractivity contribution in [1.29, 1.82) is 0 Å². The molecule has 0 radical (unpaired) electrons. The Bertz CT molecular complexity index is 1400. The number of hydrogen-bond acceptors (Lipinski definition) is 5. The summed E-state index contributed by atoms with van der Waals surface area (Å²) in [5.74, 6) is -1.24. The molecule has 0 unspecified atom stereocenters. The summed E-state index contributed by atoms with van der Waals surface area (Å²) < 4.78 is 10.9. The van der Waals surface area contributed by atoms with Crippen molar-refractivity contribution >= 4 is 23.5 Å². The maximum Gasteiger partial charge on any atom is 0.326 e. The predicted octanol–water partition coefficient (Wildman–Crippen LogP) is 5.32. The summed E-state index contributed by atoms with van der Waals surface area (Å²) in [7, 11) is 1.51. The minimum absolute atomic E-state index is 0.399. The molecular weight excluding hydrogens is 480 g/mol. The van der Waals surface area contributed by atoms with Gasteiger partial charge in [-0.1, -0.05) is 78.9 Å². The number of anilines is 1. The lowest BCUT2D eigenvalue weighted by Gasteiger charge is -2.19. The van der Waals surface area contributed by atoms with Crippen LogP contribution in [0.4, 0.5) is 5.69 Å². The Hall–Kier alpha value is -4.91. The van der Waals surface area contributed by atoms with E-state index in [1.165, 1.54) is 7.11 Å². The average Bonchev–Trinajstić information content (AvgIpc) is 2.95. The zero-order chi connectivity index (χ0) is 26.9. The van der Waals surface area contributed by atoms with E-state index in [2.05, 4.69) is 10.6 Å². The standard InChI is InChI=1S/C31H28N2O5/c1-21-13-18-27(37-2)26(19-21)33-31(36)29(24-11-7-4-8-12-24)38-28(34)20-32-30(35)25-16-14-23(15-17-25)22-9-5-3-6-10-22/h3-19,29H,20H2,1-2H3,(H,32,35)(H,33,36)/t29-/m0/s1. The van der Waals surface area contributed by atoms with Crippen molar-refractivity contribution in [2.75, 3.05) is 19.0 Å². The second-order valence-corrected chi connectivity index (χ2v) is 8.60. The maximum absolute atomic E-state index is 13.2. The number of carbonyl (C=O) groups excluding carboxylic acids is 3. The number of nitrogens with one attached hydrogen (secondary N) is 2. The van der Waals surface area contributed by atoms with E-state index in [1.807, 2.05) is 55.5 Å². The Kier molecular flexibility index (Phi) is 8.51. The SMILES string of the molecule is COc1ccc(C)cc1NC(=O)[C@@H](OC(=O)CNC(=O)c1ccc(-c2ccccc2)cc1)c1ccccc1. The molecule has 0 aliphatic heterocycles. The molecule has 2 N–H and O–H groups in total. The van der Waals surface area contributed by atoms with E-state index in [0.717, 1.165) is 16.7 Å². The average molecular weight is 509 g/mol. The molecule has 0 saturated heterocycles. The third kappa shape index (κ3) is 6.64. The van der Waals surface area contributed by atoms with Crippen LogP contribution in [0.25, 0.3) is 11.1 Å². The molecule has 0 heterocycles. The number of amides is 2. The van der Waals surface area contributed by atoms with E-state index in [4.69, 9.17) is 9.47 Å². The van der Waals surface area contributed by atoms with E-state index < -0.39 is 30.4 Å². The topological polar surface area (TPSA) is 93.7 Å². The van der Waals surface area contributed by atoms with Crippen LogP contribution in [-0.4, -0.2) is 31.4 Å². The highest BCUT2D eigenvalue weighted by Gasteiger charge is 2.26. The monoisotopic (exact) mass is 508 g/mol. The fourth-order valence-electron chi connectivity index (χ4n) is 3.89. The molecule has 0 fully saturated rings. The van der Waals surface area contributed by atoms with Crippen molar-refractivity contribution in [2.24, 2.45) is 0 Å². The molecule has 0 aliphatic rings. The van der Waals surface area contributed by atoms with Gasteiger partial charge in [-0.2, -0.15) is 0 Å². The molecule has 38 heavy (non-hydrogen) atoms. The van der Waals surface area contributed by atoms with Gasteiger partial charge < -0.3 is 20.1 Å². The highest BCUT2D eigenvalue weighted by molar-refractivity contribution is 5.98. The Morgan fingerprint density at radius 3 is 2.08 bits per heavy atom. The number of esters is 1. The summed E-state index contributed by atoms with van der Waals surface area (Å²) in [4.78, 5) is 38.5. The lowest BCUT2D eigenvalue weighted by Crippen LogP contribution is -2.33. The molecule has 7 heteroatoms. The lowest BCUT2D eigenvalue weighted by atomic mass is 10.0. The molecule has 0 bridgehead atoms. The van der Waals surface area contributed by atoms with Crippen LogP contribution in [0.3, 0.4) is 0 Å². The minimum Gasteiger partial charge on any atom is -0.495 e. The molecule has 4 aromatic rings. The fourth-order valence-corrected chi connectivity index (χ4v) is 3.89. The summed E-state index contributed by atoms with van der Waals surface area (Å²) in [6.07, 6.45) is -1.23. The summed E-state index contributed by atoms with van der Waals surface area (Å²) >= 11 is 0. The molecule has 0 spiro atoms. The lowest BCUT2D eigenvalue weighted by molar-refractivity contribution is -0.153. The number of carbonyl (C=O) groups is 3. The molecule has 2 amide bonds. The van der Waals surface area contributed by atoms with Gasteiger partial charge in [-0.05, 0) is 47.9 Å². The van der Waals surface area contributed by atoms with Crippen LogP contribution >= 0.6 is 0 Å². The predicted molar refractivity (Wildman–Crippen MR) is 146 cm³/mol. The Morgan fingerprint density at radius 2 is 1.42 bits per heavy atom. The molecule has 7 nitrogen and oxygen atoms in total. The van der Waals surface area contributed by atoms with Crippen molar-refractivity contribution in [2.45, 2.75) is 13.0 Å². The van der Waals surface area contributed by atoms with Gasteiger partial charge in [0.2, 0.25) is 6.10 Å².